The van der Waals surface area contributed by atoms with Crippen LogP contribution in [0.3, 0.4) is 0 Å². The molecule has 0 saturated heterocycles. The minimum atomic E-state index is -0.330. The van der Waals surface area contributed by atoms with E-state index in [0.717, 1.165) is 6.42 Å². The number of aliphatic imine (C=N–C) groups is 1. The van der Waals surface area contributed by atoms with Gasteiger partial charge in [-0.1, -0.05) is 0 Å². The zero-order valence-corrected chi connectivity index (χ0v) is 11.4. The fourth-order valence-corrected chi connectivity index (χ4v) is 2.83. The molecule has 1 saturated carbocycles. The van der Waals surface area contributed by atoms with Gasteiger partial charge in [-0.2, -0.15) is 0 Å². The molecule has 9 heteroatoms. The standard InChI is InChI=1S/C11H23N7O2/c12-2-1-8(10(14)19)6-3-7(9(13)4-6)5-16-11(15)17-18-20/h6-9H,1-5,12-13H2,(H2,14,19)(H3,15,16,17,20). The van der Waals surface area contributed by atoms with Gasteiger partial charge in [0.15, 0.2) is 0 Å². The number of rotatable bonds is 7. The van der Waals surface area contributed by atoms with Crippen molar-refractivity contribution in [2.75, 3.05) is 13.1 Å². The molecule has 0 aromatic carbocycles. The van der Waals surface area contributed by atoms with Crippen LogP contribution in [0.5, 0.6) is 0 Å². The molecule has 0 aliphatic heterocycles. The van der Waals surface area contributed by atoms with Crippen molar-refractivity contribution in [3.05, 3.63) is 4.91 Å². The quantitative estimate of drug-likeness (QED) is 0.162. The molecule has 4 unspecified atom stereocenters. The van der Waals surface area contributed by atoms with Crippen molar-refractivity contribution in [2.24, 2.45) is 51.0 Å². The number of nitroso groups, excluding NO2 is 1. The minimum absolute atomic E-state index is 0.0379. The van der Waals surface area contributed by atoms with Crippen LogP contribution in [0.1, 0.15) is 19.3 Å². The fraction of sp³-hybridized carbons (Fsp3) is 0.818. The normalized spacial score (nSPS) is 28.1. The highest BCUT2D eigenvalue weighted by Gasteiger charge is 2.37. The highest BCUT2D eigenvalue weighted by Crippen LogP contribution is 2.36. The first-order valence-corrected chi connectivity index (χ1v) is 6.62. The number of amides is 1. The maximum Gasteiger partial charge on any atom is 0.220 e. The van der Waals surface area contributed by atoms with Gasteiger partial charge in [-0.25, -0.2) is 5.43 Å². The van der Waals surface area contributed by atoms with E-state index in [0.29, 0.717) is 25.9 Å². The van der Waals surface area contributed by atoms with E-state index < -0.39 is 0 Å². The molecule has 1 amide bonds. The van der Waals surface area contributed by atoms with Gasteiger partial charge in [-0.15, -0.1) is 4.91 Å². The Kier molecular flexibility index (Phi) is 6.32. The minimum Gasteiger partial charge on any atom is -0.369 e. The summed E-state index contributed by atoms with van der Waals surface area (Å²) in [6.07, 6.45) is 2.04. The second kappa shape index (κ2) is 7.75. The third-order valence-corrected chi connectivity index (χ3v) is 3.85. The number of hydrogen-bond acceptors (Lipinski definition) is 6. The Hall–Kier alpha value is -1.74. The number of nitrogens with zero attached hydrogens (tertiary/aromatic N) is 2. The van der Waals surface area contributed by atoms with Crippen LogP contribution >= 0.6 is 0 Å². The predicted octanol–water partition coefficient (Wildman–Crippen LogP) is -1.62. The van der Waals surface area contributed by atoms with E-state index in [1.54, 1.807) is 0 Å². The molecule has 1 rings (SSSR count). The maximum atomic E-state index is 11.5. The second-order valence-electron chi connectivity index (χ2n) is 5.17. The van der Waals surface area contributed by atoms with E-state index in [1.165, 1.54) is 0 Å². The molecule has 0 radical (unpaired) electrons. The first-order chi connectivity index (χ1) is 9.49. The van der Waals surface area contributed by atoms with E-state index in [1.807, 2.05) is 5.43 Å². The number of nitrogens with two attached hydrogens (primary N) is 4. The first kappa shape index (κ1) is 16.3. The highest BCUT2D eigenvalue weighted by molar-refractivity contribution is 5.77. The molecule has 9 nitrogen and oxygen atoms in total. The largest absolute Gasteiger partial charge is 0.369 e. The number of guanidine groups is 1. The Morgan fingerprint density at radius 3 is 2.60 bits per heavy atom. The fourth-order valence-electron chi connectivity index (χ4n) is 2.83. The van der Waals surface area contributed by atoms with Crippen LogP contribution in [-0.4, -0.2) is 31.0 Å². The Bertz CT molecular complexity index is 374. The summed E-state index contributed by atoms with van der Waals surface area (Å²) in [5.74, 6) is -0.379. The average Bonchev–Trinajstić information content (AvgIpc) is 2.74. The Labute approximate surface area is 117 Å². The molecule has 0 spiro atoms. The lowest BCUT2D eigenvalue weighted by molar-refractivity contribution is -0.123. The number of carbonyl (C=O) groups excluding carboxylic acids is 1. The van der Waals surface area contributed by atoms with Gasteiger partial charge < -0.3 is 22.9 Å². The molecule has 0 bridgehead atoms. The molecule has 9 N–H and O–H groups in total. The number of hydrogen-bond donors (Lipinski definition) is 5. The Morgan fingerprint density at radius 2 is 2.05 bits per heavy atom. The van der Waals surface area contributed by atoms with Gasteiger partial charge in [0.1, 0.15) is 0 Å². The lowest BCUT2D eigenvalue weighted by atomic mass is 9.87. The summed E-state index contributed by atoms with van der Waals surface area (Å²) in [7, 11) is 0. The third-order valence-electron chi connectivity index (χ3n) is 3.85. The molecule has 114 valence electrons. The van der Waals surface area contributed by atoms with Crippen molar-refractivity contribution in [1.82, 2.24) is 5.43 Å². The summed E-state index contributed by atoms with van der Waals surface area (Å²) in [5, 5.41) is 2.43. The van der Waals surface area contributed by atoms with Crippen molar-refractivity contribution in [3.63, 3.8) is 0 Å². The van der Waals surface area contributed by atoms with Crippen molar-refractivity contribution in [3.8, 4) is 0 Å². The molecule has 1 aliphatic rings. The van der Waals surface area contributed by atoms with E-state index in [2.05, 4.69) is 10.3 Å². The number of primary amides is 1. The van der Waals surface area contributed by atoms with E-state index in [9.17, 15) is 9.70 Å². The summed E-state index contributed by atoms with van der Waals surface area (Å²) < 4.78 is 0. The Balaban J connectivity index is 2.59. The second-order valence-corrected chi connectivity index (χ2v) is 5.17. The van der Waals surface area contributed by atoms with Gasteiger partial charge in [-0.3, -0.25) is 9.79 Å². The van der Waals surface area contributed by atoms with Crippen molar-refractivity contribution in [1.29, 1.82) is 0 Å². The third kappa shape index (κ3) is 4.42. The molecule has 1 aliphatic carbocycles. The van der Waals surface area contributed by atoms with Crippen LogP contribution in [0.15, 0.2) is 10.3 Å². The van der Waals surface area contributed by atoms with Crippen molar-refractivity contribution >= 4 is 11.9 Å². The first-order valence-electron chi connectivity index (χ1n) is 6.62. The summed E-state index contributed by atoms with van der Waals surface area (Å²) >= 11 is 0. The predicted molar refractivity (Wildman–Crippen MR) is 76.0 cm³/mol. The van der Waals surface area contributed by atoms with E-state index in [-0.39, 0.29) is 35.7 Å². The van der Waals surface area contributed by atoms with Crippen molar-refractivity contribution in [2.45, 2.75) is 25.3 Å². The van der Waals surface area contributed by atoms with Crippen LogP contribution in [0.2, 0.25) is 0 Å². The monoisotopic (exact) mass is 285 g/mol. The van der Waals surface area contributed by atoms with Crippen molar-refractivity contribution < 1.29 is 4.79 Å². The van der Waals surface area contributed by atoms with Gasteiger partial charge in [0.2, 0.25) is 11.9 Å². The van der Waals surface area contributed by atoms with Crippen LogP contribution in [0, 0.1) is 22.7 Å². The van der Waals surface area contributed by atoms with Gasteiger partial charge in [-0.05, 0) is 37.6 Å². The highest BCUT2D eigenvalue weighted by atomic mass is 16.3. The van der Waals surface area contributed by atoms with E-state index >= 15 is 0 Å². The molecule has 0 heterocycles. The summed E-state index contributed by atoms with van der Waals surface area (Å²) in [4.78, 5) is 25.4. The van der Waals surface area contributed by atoms with Crippen LogP contribution in [0.25, 0.3) is 0 Å². The summed E-state index contributed by atoms with van der Waals surface area (Å²) in [5.41, 5.74) is 24.4. The number of nitrogens with one attached hydrogen (secondary N) is 1. The van der Waals surface area contributed by atoms with E-state index in [4.69, 9.17) is 22.9 Å². The summed E-state index contributed by atoms with van der Waals surface area (Å²) in [6, 6.07) is -0.0691. The van der Waals surface area contributed by atoms with Gasteiger partial charge in [0.05, 0.1) is 5.29 Å². The zero-order valence-electron chi connectivity index (χ0n) is 11.4. The molecule has 0 aromatic heterocycles. The summed E-state index contributed by atoms with van der Waals surface area (Å²) in [6.45, 7) is 0.810. The lowest BCUT2D eigenvalue weighted by Gasteiger charge is -2.19. The molecule has 0 aromatic rings. The SMILES string of the molecule is NCCC(C(N)=O)C1CC(N)C(CN=C(N)NN=O)C1. The van der Waals surface area contributed by atoms with Crippen LogP contribution < -0.4 is 28.4 Å². The molecule has 1 fully saturated rings. The number of carbonyl (C=O) groups is 1. The molecular formula is C11H23N7O2. The average molecular weight is 285 g/mol. The van der Waals surface area contributed by atoms with Crippen LogP contribution in [-0.2, 0) is 4.79 Å². The van der Waals surface area contributed by atoms with Crippen LogP contribution in [0.4, 0.5) is 0 Å². The molecule has 20 heavy (non-hydrogen) atoms. The zero-order chi connectivity index (χ0) is 15.1. The Morgan fingerprint density at radius 1 is 1.35 bits per heavy atom. The molecule has 4 atom stereocenters. The lowest BCUT2D eigenvalue weighted by Crippen LogP contribution is -2.31. The van der Waals surface area contributed by atoms with Gasteiger partial charge in [0.25, 0.3) is 0 Å². The van der Waals surface area contributed by atoms with Gasteiger partial charge in [0, 0.05) is 18.5 Å². The van der Waals surface area contributed by atoms with Gasteiger partial charge >= 0.3 is 0 Å². The molecular weight excluding hydrogens is 262 g/mol. The smallest absolute Gasteiger partial charge is 0.220 e. The maximum absolute atomic E-state index is 11.5. The topological polar surface area (TPSA) is 175 Å².